The number of sulfonamides is 1. The van der Waals surface area contributed by atoms with Crippen LogP contribution >= 0.6 is 0 Å². The molecule has 0 aromatic heterocycles. The predicted octanol–water partition coefficient (Wildman–Crippen LogP) is 1.39. The highest BCUT2D eigenvalue weighted by Crippen LogP contribution is 2.27. The van der Waals surface area contributed by atoms with Crippen LogP contribution in [0.15, 0.2) is 29.2 Å². The van der Waals surface area contributed by atoms with Gasteiger partial charge in [0.25, 0.3) is 0 Å². The van der Waals surface area contributed by atoms with E-state index in [9.17, 15) is 13.5 Å². The third kappa shape index (κ3) is 3.37. The highest BCUT2D eigenvalue weighted by atomic mass is 32.2. The Morgan fingerprint density at radius 2 is 2.00 bits per heavy atom. The van der Waals surface area contributed by atoms with Crippen molar-refractivity contribution in [1.82, 2.24) is 4.72 Å². The van der Waals surface area contributed by atoms with Crippen molar-refractivity contribution in [2.24, 2.45) is 5.92 Å². The normalized spacial score (nSPS) is 17.8. The second-order valence-corrected chi connectivity index (χ2v) is 6.81. The number of nitrogens with zero attached hydrogens (tertiary/aromatic N) is 1. The zero-order valence-corrected chi connectivity index (χ0v) is 11.9. The maximum Gasteiger partial charge on any atom is 0.241 e. The molecule has 0 heterocycles. The molecular weight excluding hydrogens is 276 g/mol. The van der Waals surface area contributed by atoms with Crippen molar-refractivity contribution in [1.29, 1.82) is 5.26 Å². The minimum atomic E-state index is -3.76. The number of rotatable bonds is 5. The minimum absolute atomic E-state index is 0.00718. The van der Waals surface area contributed by atoms with Gasteiger partial charge in [0.15, 0.2) is 0 Å². The summed E-state index contributed by atoms with van der Waals surface area (Å²) in [5.74, 6) is 0.170. The number of hydrogen-bond acceptors (Lipinski definition) is 4. The SMILES string of the molecule is N#Cc1ccccc1S(=O)(=O)NCC(O)C1CCCC1. The summed E-state index contributed by atoms with van der Waals surface area (Å²) in [5.41, 5.74) is 0.107. The molecule has 1 unspecified atom stereocenters. The summed E-state index contributed by atoms with van der Waals surface area (Å²) in [4.78, 5) is -0.0406. The molecule has 6 heteroatoms. The van der Waals surface area contributed by atoms with Crippen molar-refractivity contribution in [2.45, 2.75) is 36.7 Å². The van der Waals surface area contributed by atoms with Gasteiger partial charge in [0, 0.05) is 6.54 Å². The van der Waals surface area contributed by atoms with Crippen LogP contribution in [-0.4, -0.2) is 26.2 Å². The lowest BCUT2D eigenvalue weighted by atomic mass is 10.0. The molecule has 1 saturated carbocycles. The van der Waals surface area contributed by atoms with Crippen molar-refractivity contribution < 1.29 is 13.5 Å². The topological polar surface area (TPSA) is 90.2 Å². The Kier molecular flexibility index (Phi) is 4.76. The number of aliphatic hydroxyl groups excluding tert-OH is 1. The van der Waals surface area contributed by atoms with E-state index in [1.807, 2.05) is 6.07 Å². The molecule has 1 aromatic carbocycles. The molecule has 0 saturated heterocycles. The van der Waals surface area contributed by atoms with E-state index in [4.69, 9.17) is 5.26 Å². The molecule has 0 amide bonds. The Labute approximate surface area is 119 Å². The molecule has 5 nitrogen and oxygen atoms in total. The first-order valence-electron chi connectivity index (χ1n) is 6.71. The summed E-state index contributed by atoms with van der Waals surface area (Å²) in [6.07, 6.45) is 3.40. The van der Waals surface area contributed by atoms with Gasteiger partial charge in [-0.3, -0.25) is 0 Å². The molecule has 108 valence electrons. The predicted molar refractivity (Wildman–Crippen MR) is 74.3 cm³/mol. The third-order valence-electron chi connectivity index (χ3n) is 3.72. The van der Waals surface area contributed by atoms with E-state index < -0.39 is 16.1 Å². The highest BCUT2D eigenvalue weighted by Gasteiger charge is 2.25. The monoisotopic (exact) mass is 294 g/mol. The molecule has 1 aromatic rings. The lowest BCUT2D eigenvalue weighted by Gasteiger charge is -2.18. The van der Waals surface area contributed by atoms with Crippen molar-refractivity contribution >= 4 is 10.0 Å². The summed E-state index contributed by atoms with van der Waals surface area (Å²) in [7, 11) is -3.76. The first-order chi connectivity index (χ1) is 9.54. The summed E-state index contributed by atoms with van der Waals surface area (Å²) < 4.78 is 26.7. The molecule has 1 atom stereocenters. The molecule has 0 bridgehead atoms. The van der Waals surface area contributed by atoms with Crippen molar-refractivity contribution in [2.75, 3.05) is 6.54 Å². The Bertz CT molecular complexity index is 601. The fourth-order valence-corrected chi connectivity index (χ4v) is 3.78. The number of hydrogen-bond donors (Lipinski definition) is 2. The molecule has 0 radical (unpaired) electrons. The van der Waals surface area contributed by atoms with Crippen molar-refractivity contribution in [3.05, 3.63) is 29.8 Å². The highest BCUT2D eigenvalue weighted by molar-refractivity contribution is 7.89. The van der Waals surface area contributed by atoms with Gasteiger partial charge in [0.1, 0.15) is 6.07 Å². The molecule has 20 heavy (non-hydrogen) atoms. The van der Waals surface area contributed by atoms with Gasteiger partial charge in [-0.05, 0) is 30.9 Å². The van der Waals surface area contributed by atoms with E-state index in [1.165, 1.54) is 12.1 Å². The number of nitrogens with one attached hydrogen (secondary N) is 1. The van der Waals surface area contributed by atoms with Crippen LogP contribution in [-0.2, 0) is 10.0 Å². The molecule has 0 aliphatic heterocycles. The lowest BCUT2D eigenvalue weighted by molar-refractivity contribution is 0.115. The first-order valence-corrected chi connectivity index (χ1v) is 8.20. The second-order valence-electron chi connectivity index (χ2n) is 5.07. The van der Waals surface area contributed by atoms with Gasteiger partial charge in [-0.15, -0.1) is 0 Å². The van der Waals surface area contributed by atoms with Gasteiger partial charge in [-0.1, -0.05) is 25.0 Å². The van der Waals surface area contributed by atoms with Crippen LogP contribution in [0.1, 0.15) is 31.2 Å². The van der Waals surface area contributed by atoms with Gasteiger partial charge >= 0.3 is 0 Å². The molecule has 1 aliphatic rings. The minimum Gasteiger partial charge on any atom is -0.391 e. The van der Waals surface area contributed by atoms with Crippen LogP contribution in [0.3, 0.4) is 0 Å². The molecule has 2 N–H and O–H groups in total. The van der Waals surface area contributed by atoms with Crippen LogP contribution < -0.4 is 4.72 Å². The van der Waals surface area contributed by atoms with Crippen LogP contribution in [0.2, 0.25) is 0 Å². The Morgan fingerprint density at radius 1 is 1.35 bits per heavy atom. The van der Waals surface area contributed by atoms with Crippen molar-refractivity contribution in [3.63, 3.8) is 0 Å². The average molecular weight is 294 g/mol. The van der Waals surface area contributed by atoms with Crippen LogP contribution in [0.5, 0.6) is 0 Å². The summed E-state index contributed by atoms with van der Waals surface area (Å²) >= 11 is 0. The zero-order chi connectivity index (χ0) is 14.6. The van der Waals surface area contributed by atoms with E-state index in [-0.39, 0.29) is 22.9 Å². The fraction of sp³-hybridized carbons (Fsp3) is 0.500. The van der Waals surface area contributed by atoms with Crippen LogP contribution in [0.4, 0.5) is 0 Å². The third-order valence-corrected chi connectivity index (χ3v) is 5.21. The standard InChI is InChI=1S/C14H18N2O3S/c15-9-12-7-3-4-8-14(12)20(18,19)16-10-13(17)11-5-1-2-6-11/h3-4,7-8,11,13,16-17H,1-2,5-6,10H2. The van der Waals surface area contributed by atoms with Crippen molar-refractivity contribution in [3.8, 4) is 6.07 Å². The quantitative estimate of drug-likeness (QED) is 0.858. The van der Waals surface area contributed by atoms with E-state index in [1.54, 1.807) is 12.1 Å². The number of nitriles is 1. The van der Waals surface area contributed by atoms with Gasteiger partial charge in [0.2, 0.25) is 10.0 Å². The molecular formula is C14H18N2O3S. The van der Waals surface area contributed by atoms with E-state index in [0.717, 1.165) is 25.7 Å². The van der Waals surface area contributed by atoms with Gasteiger partial charge < -0.3 is 5.11 Å². The number of aliphatic hydroxyl groups is 1. The van der Waals surface area contributed by atoms with E-state index >= 15 is 0 Å². The van der Waals surface area contributed by atoms with Gasteiger partial charge in [-0.25, -0.2) is 13.1 Å². The van der Waals surface area contributed by atoms with E-state index in [2.05, 4.69) is 4.72 Å². The average Bonchev–Trinajstić information content (AvgIpc) is 2.99. The smallest absolute Gasteiger partial charge is 0.241 e. The fourth-order valence-electron chi connectivity index (χ4n) is 2.58. The van der Waals surface area contributed by atoms with E-state index in [0.29, 0.717) is 0 Å². The Morgan fingerprint density at radius 3 is 2.65 bits per heavy atom. The zero-order valence-electron chi connectivity index (χ0n) is 11.1. The first kappa shape index (κ1) is 15.0. The molecule has 1 fully saturated rings. The molecule has 1 aliphatic carbocycles. The molecule has 0 spiro atoms. The largest absolute Gasteiger partial charge is 0.391 e. The lowest BCUT2D eigenvalue weighted by Crippen LogP contribution is -2.35. The summed E-state index contributed by atoms with van der Waals surface area (Å²) in [6.45, 7) is -0.00718. The maximum atomic E-state index is 12.2. The summed E-state index contributed by atoms with van der Waals surface area (Å²) in [6, 6.07) is 7.90. The maximum absolute atomic E-state index is 12.2. The van der Waals surface area contributed by atoms with Crippen LogP contribution in [0.25, 0.3) is 0 Å². The Balaban J connectivity index is 2.06. The van der Waals surface area contributed by atoms with Crippen LogP contribution in [0, 0.1) is 17.2 Å². The summed E-state index contributed by atoms with van der Waals surface area (Å²) in [5, 5.41) is 18.9. The Hall–Kier alpha value is -1.42. The number of benzene rings is 1. The molecule has 2 rings (SSSR count). The second kappa shape index (κ2) is 6.35. The van der Waals surface area contributed by atoms with Gasteiger partial charge in [0.05, 0.1) is 16.6 Å². The van der Waals surface area contributed by atoms with Gasteiger partial charge in [-0.2, -0.15) is 5.26 Å².